The van der Waals surface area contributed by atoms with Gasteiger partial charge in [-0.3, -0.25) is 4.57 Å². The van der Waals surface area contributed by atoms with Crippen LogP contribution >= 0.6 is 0 Å². The third-order valence-electron chi connectivity index (χ3n) is 4.20. The zero-order valence-corrected chi connectivity index (χ0v) is 12.0. The first-order chi connectivity index (χ1) is 10.3. The molecule has 0 bridgehead atoms. The van der Waals surface area contributed by atoms with Crippen molar-refractivity contribution in [3.63, 3.8) is 0 Å². The Labute approximate surface area is 122 Å². The molecule has 1 N–H and O–H groups in total. The molecule has 0 saturated heterocycles. The van der Waals surface area contributed by atoms with E-state index in [2.05, 4.69) is 10.4 Å². The molecule has 1 aliphatic heterocycles. The summed E-state index contributed by atoms with van der Waals surface area (Å²) in [5.41, 5.74) is -0.0150. The summed E-state index contributed by atoms with van der Waals surface area (Å²) >= 11 is 0. The maximum Gasteiger partial charge on any atom is 0.346 e. The summed E-state index contributed by atoms with van der Waals surface area (Å²) in [7, 11) is 0. The number of aryl methyl sites for hydroxylation is 1. The Balaban J connectivity index is 1.47. The monoisotopic (exact) mass is 288 g/mol. The molecule has 1 aliphatic carbocycles. The first-order valence-electron chi connectivity index (χ1n) is 7.77. The molecular formula is C15H20N4O2. The smallest absolute Gasteiger partial charge is 0.346 e. The first kappa shape index (κ1) is 12.9. The molecule has 6 nitrogen and oxygen atoms in total. The molecule has 21 heavy (non-hydrogen) atoms. The number of furan rings is 1. The average molecular weight is 288 g/mol. The molecule has 0 unspecified atom stereocenters. The fourth-order valence-corrected chi connectivity index (χ4v) is 2.83. The van der Waals surface area contributed by atoms with Crippen molar-refractivity contribution < 1.29 is 4.42 Å². The number of fused-ring (bicyclic) bond motifs is 1. The van der Waals surface area contributed by atoms with Crippen LogP contribution in [-0.4, -0.2) is 20.4 Å². The molecule has 0 radical (unpaired) electrons. The molecule has 2 aromatic heterocycles. The van der Waals surface area contributed by atoms with E-state index in [-0.39, 0.29) is 5.69 Å². The van der Waals surface area contributed by atoms with Crippen molar-refractivity contribution in [3.8, 4) is 0 Å². The van der Waals surface area contributed by atoms with Gasteiger partial charge in [0, 0.05) is 19.0 Å². The van der Waals surface area contributed by atoms with Crippen LogP contribution in [-0.2, 0) is 26.1 Å². The van der Waals surface area contributed by atoms with Gasteiger partial charge in [0.25, 0.3) is 0 Å². The number of hydrogen-bond acceptors (Lipinski definition) is 4. The molecule has 0 amide bonds. The third kappa shape index (κ3) is 2.68. The molecule has 112 valence electrons. The van der Waals surface area contributed by atoms with Crippen molar-refractivity contribution in [2.24, 2.45) is 0 Å². The first-order valence-corrected chi connectivity index (χ1v) is 7.77. The van der Waals surface area contributed by atoms with Crippen molar-refractivity contribution in [1.29, 1.82) is 0 Å². The SMILES string of the molecule is O=c1n(Cc2ccc(CNC3CC3)o2)nc2n1CCCC2. The number of aromatic nitrogens is 3. The summed E-state index contributed by atoms with van der Waals surface area (Å²) in [6, 6.07) is 4.58. The minimum Gasteiger partial charge on any atom is -0.463 e. The van der Waals surface area contributed by atoms with Crippen LogP contribution in [0, 0.1) is 0 Å². The number of hydrogen-bond donors (Lipinski definition) is 1. The summed E-state index contributed by atoms with van der Waals surface area (Å²) in [5, 5.41) is 7.85. The zero-order valence-electron chi connectivity index (χ0n) is 12.0. The maximum absolute atomic E-state index is 12.3. The topological polar surface area (TPSA) is 65.0 Å². The highest BCUT2D eigenvalue weighted by molar-refractivity contribution is 5.08. The molecule has 4 rings (SSSR count). The van der Waals surface area contributed by atoms with Gasteiger partial charge in [-0.1, -0.05) is 0 Å². The molecule has 3 heterocycles. The minimum absolute atomic E-state index is 0.0150. The highest BCUT2D eigenvalue weighted by Crippen LogP contribution is 2.19. The maximum atomic E-state index is 12.3. The van der Waals surface area contributed by atoms with Gasteiger partial charge in [-0.15, -0.1) is 0 Å². The van der Waals surface area contributed by atoms with Crippen LogP contribution in [0.25, 0.3) is 0 Å². The van der Waals surface area contributed by atoms with E-state index in [0.29, 0.717) is 12.6 Å². The van der Waals surface area contributed by atoms with Gasteiger partial charge in [0.05, 0.1) is 6.54 Å². The molecule has 6 heteroatoms. The molecule has 0 spiro atoms. The Morgan fingerprint density at radius 1 is 1.29 bits per heavy atom. The van der Waals surface area contributed by atoms with Gasteiger partial charge in [-0.05, 0) is 37.8 Å². The van der Waals surface area contributed by atoms with Crippen molar-refractivity contribution in [2.45, 2.75) is 57.8 Å². The summed E-state index contributed by atoms with van der Waals surface area (Å²) in [6.07, 6.45) is 5.62. The largest absolute Gasteiger partial charge is 0.463 e. The minimum atomic E-state index is -0.0150. The second-order valence-electron chi connectivity index (χ2n) is 5.99. The van der Waals surface area contributed by atoms with Crippen LogP contribution in [0.15, 0.2) is 21.3 Å². The van der Waals surface area contributed by atoms with Gasteiger partial charge < -0.3 is 9.73 Å². The Bertz CT molecular complexity index is 693. The lowest BCUT2D eigenvalue weighted by atomic mass is 10.2. The Hall–Kier alpha value is -1.82. The van der Waals surface area contributed by atoms with E-state index in [1.165, 1.54) is 17.5 Å². The van der Waals surface area contributed by atoms with Gasteiger partial charge in [0.15, 0.2) is 0 Å². The second kappa shape index (κ2) is 5.18. The van der Waals surface area contributed by atoms with Gasteiger partial charge in [-0.2, -0.15) is 5.10 Å². The van der Waals surface area contributed by atoms with E-state index in [9.17, 15) is 4.79 Å². The fourth-order valence-electron chi connectivity index (χ4n) is 2.83. The average Bonchev–Trinajstić information content (AvgIpc) is 3.15. The second-order valence-corrected chi connectivity index (χ2v) is 5.99. The molecule has 1 fully saturated rings. The third-order valence-corrected chi connectivity index (χ3v) is 4.20. The van der Waals surface area contributed by atoms with Crippen LogP contribution in [0.5, 0.6) is 0 Å². The fraction of sp³-hybridized carbons (Fsp3) is 0.600. The summed E-state index contributed by atoms with van der Waals surface area (Å²) in [4.78, 5) is 12.3. The molecular weight excluding hydrogens is 268 g/mol. The van der Waals surface area contributed by atoms with Crippen molar-refractivity contribution in [2.75, 3.05) is 0 Å². The highest BCUT2D eigenvalue weighted by atomic mass is 16.3. The Morgan fingerprint density at radius 2 is 2.14 bits per heavy atom. The predicted octanol–water partition coefficient (Wildman–Crippen LogP) is 1.27. The zero-order chi connectivity index (χ0) is 14.2. The normalized spacial score (nSPS) is 17.9. The van der Waals surface area contributed by atoms with Crippen LogP contribution < -0.4 is 11.0 Å². The number of nitrogens with one attached hydrogen (secondary N) is 1. The van der Waals surface area contributed by atoms with E-state index >= 15 is 0 Å². The molecule has 2 aromatic rings. The van der Waals surface area contributed by atoms with Gasteiger partial charge >= 0.3 is 5.69 Å². The summed E-state index contributed by atoms with van der Waals surface area (Å²) in [6.45, 7) is 1.98. The van der Waals surface area contributed by atoms with Crippen molar-refractivity contribution in [1.82, 2.24) is 19.7 Å². The lowest BCUT2D eigenvalue weighted by Gasteiger charge is -2.09. The highest BCUT2D eigenvalue weighted by Gasteiger charge is 2.21. The van der Waals surface area contributed by atoms with Crippen LogP contribution in [0.2, 0.25) is 0 Å². The lowest BCUT2D eigenvalue weighted by Crippen LogP contribution is -2.27. The lowest BCUT2D eigenvalue weighted by molar-refractivity contribution is 0.425. The van der Waals surface area contributed by atoms with Crippen LogP contribution in [0.1, 0.15) is 43.0 Å². The quantitative estimate of drug-likeness (QED) is 0.900. The van der Waals surface area contributed by atoms with E-state index in [1.54, 1.807) is 4.57 Å². The Morgan fingerprint density at radius 3 is 2.95 bits per heavy atom. The van der Waals surface area contributed by atoms with E-state index in [0.717, 1.165) is 49.7 Å². The van der Waals surface area contributed by atoms with Gasteiger partial charge in [0.2, 0.25) is 0 Å². The molecule has 0 aromatic carbocycles. The van der Waals surface area contributed by atoms with E-state index < -0.39 is 0 Å². The van der Waals surface area contributed by atoms with E-state index in [1.807, 2.05) is 12.1 Å². The number of nitrogens with zero attached hydrogens (tertiary/aromatic N) is 3. The van der Waals surface area contributed by atoms with Gasteiger partial charge in [0.1, 0.15) is 23.9 Å². The number of rotatable bonds is 5. The van der Waals surface area contributed by atoms with E-state index in [4.69, 9.17) is 4.42 Å². The summed E-state index contributed by atoms with van der Waals surface area (Å²) < 4.78 is 9.10. The van der Waals surface area contributed by atoms with Crippen LogP contribution in [0.4, 0.5) is 0 Å². The molecule has 2 aliphatic rings. The van der Waals surface area contributed by atoms with Crippen molar-refractivity contribution in [3.05, 3.63) is 40.0 Å². The molecule has 1 saturated carbocycles. The van der Waals surface area contributed by atoms with Crippen LogP contribution in [0.3, 0.4) is 0 Å². The Kier molecular flexibility index (Phi) is 3.18. The summed E-state index contributed by atoms with van der Waals surface area (Å²) in [5.74, 6) is 2.63. The standard InChI is InChI=1S/C15H20N4O2/c20-15-18-8-2-1-3-14(18)17-19(15)10-13-7-6-12(21-13)9-16-11-4-5-11/h6-7,11,16H,1-5,8-10H2. The molecule has 0 atom stereocenters. The van der Waals surface area contributed by atoms with Gasteiger partial charge in [-0.25, -0.2) is 9.48 Å². The predicted molar refractivity (Wildman–Crippen MR) is 77.1 cm³/mol. The van der Waals surface area contributed by atoms with Crippen molar-refractivity contribution >= 4 is 0 Å².